The first-order valence-electron chi connectivity index (χ1n) is 13.2. The molecule has 1 N–H and O–H groups in total. The molecule has 8 nitrogen and oxygen atoms in total. The number of benzene rings is 3. The number of furan rings is 1. The number of aromatic nitrogens is 2. The van der Waals surface area contributed by atoms with E-state index in [-0.39, 0.29) is 28.0 Å². The number of Topliss-reactive ketones (excluding diaryl/α,β-unsaturated/α-hetero) is 1. The Morgan fingerprint density at radius 1 is 1.02 bits per heavy atom. The third-order valence-electron chi connectivity index (χ3n) is 6.92. The quantitative estimate of drug-likeness (QED) is 0.0618. The maximum atomic E-state index is 13.4. The molecule has 43 heavy (non-hydrogen) atoms. The van der Waals surface area contributed by atoms with Crippen LogP contribution >= 0.6 is 23.1 Å². The zero-order chi connectivity index (χ0) is 29.9. The topological polar surface area (TPSA) is 106 Å². The van der Waals surface area contributed by atoms with Crippen molar-refractivity contribution in [1.29, 1.82) is 0 Å². The van der Waals surface area contributed by atoms with Gasteiger partial charge in [-0.15, -0.1) is 10.2 Å². The van der Waals surface area contributed by atoms with Crippen molar-refractivity contribution in [2.45, 2.75) is 29.7 Å². The number of carbonyl (C=O) groups excluding carboxylic acids is 2. The van der Waals surface area contributed by atoms with E-state index in [0.717, 1.165) is 28.0 Å². The number of aryl methyl sites for hydroxylation is 1. The number of hydrogen-bond donors (Lipinski definition) is 1. The second-order valence-corrected chi connectivity index (χ2v) is 11.9. The summed E-state index contributed by atoms with van der Waals surface area (Å²) >= 11 is 2.50. The fourth-order valence-electron chi connectivity index (χ4n) is 4.63. The molecule has 1 unspecified atom stereocenters. The highest BCUT2D eigenvalue weighted by Gasteiger charge is 2.49. The third kappa shape index (κ3) is 5.95. The molecular formula is C32H24FN3O5S2. The molecule has 11 heteroatoms. The lowest BCUT2D eigenvalue weighted by Gasteiger charge is -2.20. The fourth-order valence-corrected chi connectivity index (χ4v) is 6.45. The Hall–Kier alpha value is -4.74. The predicted octanol–water partition coefficient (Wildman–Crippen LogP) is 7.08. The number of anilines is 1. The lowest BCUT2D eigenvalue weighted by atomic mass is 9.99. The van der Waals surface area contributed by atoms with Gasteiger partial charge in [-0.1, -0.05) is 59.5 Å². The number of aliphatic hydroxyl groups is 1. The van der Waals surface area contributed by atoms with Crippen molar-refractivity contribution in [2.75, 3.05) is 4.90 Å². The molecule has 0 bridgehead atoms. The Kier molecular flexibility index (Phi) is 8.08. The van der Waals surface area contributed by atoms with Gasteiger partial charge in [0, 0.05) is 11.3 Å². The lowest BCUT2D eigenvalue weighted by molar-refractivity contribution is -0.132. The van der Waals surface area contributed by atoms with Crippen LogP contribution < -0.4 is 9.64 Å². The average Bonchev–Trinajstić information content (AvgIpc) is 3.77. The molecule has 1 fully saturated rings. The molecule has 0 spiro atoms. The zero-order valence-electron chi connectivity index (χ0n) is 22.8. The van der Waals surface area contributed by atoms with Gasteiger partial charge in [-0.3, -0.25) is 14.5 Å². The molecule has 1 aliphatic heterocycles. The second-order valence-electron chi connectivity index (χ2n) is 9.69. The molecule has 0 radical (unpaired) electrons. The van der Waals surface area contributed by atoms with E-state index in [1.54, 1.807) is 48.5 Å². The van der Waals surface area contributed by atoms with Gasteiger partial charge in [0.1, 0.15) is 35.7 Å². The Morgan fingerprint density at radius 3 is 2.51 bits per heavy atom. The molecule has 1 aliphatic rings. The van der Waals surface area contributed by atoms with Crippen LogP contribution in [0.2, 0.25) is 0 Å². The predicted molar refractivity (Wildman–Crippen MR) is 161 cm³/mol. The van der Waals surface area contributed by atoms with Crippen LogP contribution in [-0.2, 0) is 21.9 Å². The molecule has 2 aromatic heterocycles. The van der Waals surface area contributed by atoms with Crippen LogP contribution in [0, 0.1) is 12.7 Å². The minimum Gasteiger partial charge on any atom is -0.507 e. The van der Waals surface area contributed by atoms with E-state index >= 15 is 0 Å². The summed E-state index contributed by atoms with van der Waals surface area (Å²) in [6, 6.07) is 22.9. The van der Waals surface area contributed by atoms with Crippen molar-refractivity contribution >= 4 is 45.7 Å². The maximum absolute atomic E-state index is 13.4. The molecular weight excluding hydrogens is 590 g/mol. The van der Waals surface area contributed by atoms with Gasteiger partial charge < -0.3 is 14.3 Å². The van der Waals surface area contributed by atoms with Gasteiger partial charge in [-0.2, -0.15) is 0 Å². The molecule has 0 aliphatic carbocycles. The van der Waals surface area contributed by atoms with Crippen LogP contribution in [0.15, 0.2) is 106 Å². The standard InChI is InChI=1S/C32H24FN3O5S2/c1-19-5-2-3-6-22(19)17-41-24-14-10-21(11-15-24)28(37)26-27(25-7-4-16-40-25)36(30(39)29(26)38)31-34-35-32(43-31)42-18-20-8-12-23(33)13-9-20/h2-16,27,37H,17-18H2,1H3. The van der Waals surface area contributed by atoms with Gasteiger partial charge in [0.15, 0.2) is 4.34 Å². The second kappa shape index (κ2) is 12.2. The lowest BCUT2D eigenvalue weighted by Crippen LogP contribution is -2.29. The smallest absolute Gasteiger partial charge is 0.302 e. The van der Waals surface area contributed by atoms with Crippen LogP contribution in [0.1, 0.15) is 34.1 Å². The number of ketones is 1. The summed E-state index contributed by atoms with van der Waals surface area (Å²) in [6.07, 6.45) is 1.43. The summed E-state index contributed by atoms with van der Waals surface area (Å²) < 4.78 is 25.3. The first-order valence-corrected chi connectivity index (χ1v) is 15.0. The van der Waals surface area contributed by atoms with Gasteiger partial charge in [0.25, 0.3) is 5.78 Å². The number of amides is 1. The van der Waals surface area contributed by atoms with Gasteiger partial charge >= 0.3 is 5.91 Å². The minimum atomic E-state index is -1.05. The highest BCUT2D eigenvalue weighted by molar-refractivity contribution is 8.00. The first-order chi connectivity index (χ1) is 20.9. The van der Waals surface area contributed by atoms with Crippen molar-refractivity contribution < 1.29 is 28.2 Å². The van der Waals surface area contributed by atoms with E-state index in [1.807, 2.05) is 31.2 Å². The number of ether oxygens (including phenoxy) is 1. The molecule has 1 amide bonds. The Morgan fingerprint density at radius 2 is 1.79 bits per heavy atom. The van der Waals surface area contributed by atoms with E-state index in [2.05, 4.69) is 10.2 Å². The third-order valence-corrected chi connectivity index (χ3v) is 9.04. The highest BCUT2D eigenvalue weighted by atomic mass is 32.2. The van der Waals surface area contributed by atoms with Crippen molar-refractivity contribution in [1.82, 2.24) is 10.2 Å². The van der Waals surface area contributed by atoms with Gasteiger partial charge in [-0.05, 0) is 72.1 Å². The van der Waals surface area contributed by atoms with Crippen LogP contribution in [0.25, 0.3) is 5.76 Å². The van der Waals surface area contributed by atoms with E-state index < -0.39 is 17.7 Å². The van der Waals surface area contributed by atoms with Crippen LogP contribution in [-0.4, -0.2) is 27.0 Å². The molecule has 1 saturated heterocycles. The monoisotopic (exact) mass is 613 g/mol. The summed E-state index contributed by atoms with van der Waals surface area (Å²) in [6.45, 7) is 2.40. The largest absolute Gasteiger partial charge is 0.507 e. The average molecular weight is 614 g/mol. The SMILES string of the molecule is Cc1ccccc1COc1ccc(C(O)=C2C(=O)C(=O)N(c3nnc(SCc4ccc(F)cc4)s3)C2c2ccco2)cc1. The van der Waals surface area contributed by atoms with Crippen molar-refractivity contribution in [3.8, 4) is 5.75 Å². The maximum Gasteiger partial charge on any atom is 0.302 e. The Labute approximate surface area is 254 Å². The van der Waals surface area contributed by atoms with Crippen LogP contribution in [0.3, 0.4) is 0 Å². The van der Waals surface area contributed by atoms with E-state index in [4.69, 9.17) is 9.15 Å². The van der Waals surface area contributed by atoms with Crippen LogP contribution in [0.5, 0.6) is 5.75 Å². The highest BCUT2D eigenvalue weighted by Crippen LogP contribution is 2.44. The summed E-state index contributed by atoms with van der Waals surface area (Å²) in [5.41, 5.74) is 3.29. The number of hydrogen-bond acceptors (Lipinski definition) is 9. The number of aliphatic hydroxyl groups excluding tert-OH is 1. The molecule has 0 saturated carbocycles. The molecule has 5 aromatic rings. The Bertz CT molecular complexity index is 1800. The molecule has 216 valence electrons. The summed E-state index contributed by atoms with van der Waals surface area (Å²) in [5.74, 6) is -0.996. The molecule has 3 aromatic carbocycles. The van der Waals surface area contributed by atoms with E-state index in [0.29, 0.717) is 28.0 Å². The van der Waals surface area contributed by atoms with Gasteiger partial charge in [0.05, 0.1) is 11.8 Å². The Balaban J connectivity index is 1.26. The number of nitrogens with zero attached hydrogens (tertiary/aromatic N) is 3. The van der Waals surface area contributed by atoms with Crippen LogP contribution in [0.4, 0.5) is 9.52 Å². The fraction of sp³-hybridized carbons (Fsp3) is 0.125. The number of carbonyl (C=O) groups is 2. The molecule has 6 rings (SSSR count). The zero-order valence-corrected chi connectivity index (χ0v) is 24.4. The van der Waals surface area contributed by atoms with Gasteiger partial charge in [0.2, 0.25) is 5.13 Å². The van der Waals surface area contributed by atoms with E-state index in [1.165, 1.54) is 35.1 Å². The first kappa shape index (κ1) is 28.4. The summed E-state index contributed by atoms with van der Waals surface area (Å²) in [7, 11) is 0. The number of halogens is 1. The minimum absolute atomic E-state index is 0.121. The number of rotatable bonds is 9. The van der Waals surface area contributed by atoms with Gasteiger partial charge in [-0.25, -0.2) is 4.39 Å². The normalized spacial score (nSPS) is 16.1. The molecule has 3 heterocycles. The van der Waals surface area contributed by atoms with Crippen molar-refractivity contribution in [3.63, 3.8) is 0 Å². The molecule has 1 atom stereocenters. The number of thioether (sulfide) groups is 1. The van der Waals surface area contributed by atoms with Crippen molar-refractivity contribution in [2.24, 2.45) is 0 Å². The summed E-state index contributed by atoms with van der Waals surface area (Å²) in [5, 5.41) is 19.9. The van der Waals surface area contributed by atoms with Crippen molar-refractivity contribution in [3.05, 3.63) is 131 Å². The summed E-state index contributed by atoms with van der Waals surface area (Å²) in [4.78, 5) is 27.9. The van der Waals surface area contributed by atoms with E-state index in [9.17, 15) is 19.1 Å².